The van der Waals surface area contributed by atoms with Crippen molar-refractivity contribution < 1.29 is 18.4 Å². The number of hydrogen-bond donors (Lipinski definition) is 1. The van der Waals surface area contributed by atoms with Crippen LogP contribution in [0.4, 0.5) is 4.79 Å². The third-order valence-electron chi connectivity index (χ3n) is 7.65. The van der Waals surface area contributed by atoms with Crippen molar-refractivity contribution in [2.24, 2.45) is 0 Å². The summed E-state index contributed by atoms with van der Waals surface area (Å²) in [6.45, 7) is 6.42. The van der Waals surface area contributed by atoms with E-state index >= 15 is 0 Å². The van der Waals surface area contributed by atoms with Crippen molar-refractivity contribution in [1.29, 1.82) is 0 Å². The van der Waals surface area contributed by atoms with E-state index in [1.165, 1.54) is 0 Å². The Kier molecular flexibility index (Phi) is 5.86. The normalized spacial score (nSPS) is 19.4. The number of aromatic nitrogens is 4. The van der Waals surface area contributed by atoms with Crippen molar-refractivity contribution in [3.8, 4) is 23.0 Å². The van der Waals surface area contributed by atoms with Gasteiger partial charge in [0, 0.05) is 52.2 Å². The Morgan fingerprint density at radius 3 is 2.67 bits per heavy atom. The van der Waals surface area contributed by atoms with Crippen molar-refractivity contribution in [2.45, 2.75) is 71.2 Å². The molecule has 0 saturated heterocycles. The number of nitrogens with zero attached hydrogens (tertiary/aromatic N) is 5. The lowest BCUT2D eigenvalue weighted by atomic mass is 9.93. The van der Waals surface area contributed by atoms with Crippen molar-refractivity contribution in [1.82, 2.24) is 29.7 Å². The highest BCUT2D eigenvalue weighted by atomic mass is 16.6. The fourth-order valence-corrected chi connectivity index (χ4v) is 5.84. The molecule has 9 heteroatoms. The lowest BCUT2D eigenvalue weighted by Gasteiger charge is -2.24. The summed E-state index contributed by atoms with van der Waals surface area (Å²) in [7, 11) is 0. The van der Waals surface area contributed by atoms with Crippen molar-refractivity contribution in [2.75, 3.05) is 6.98 Å². The monoisotopic (exact) mass is 565 g/mol. The molecule has 0 fully saturated rings. The molecule has 9 nitrogen and oxygen atoms in total. The first-order chi connectivity index (χ1) is 21.3. The van der Waals surface area contributed by atoms with Crippen molar-refractivity contribution in [3.05, 3.63) is 77.1 Å². The molecule has 4 aromatic rings. The Balaban J connectivity index is 1.41. The molecule has 1 unspecified atom stereocenters. The molecule has 1 N–H and O–H groups in total. The summed E-state index contributed by atoms with van der Waals surface area (Å²) < 4.78 is 32.3. The molecular formula is C33H34N6O3. The van der Waals surface area contributed by atoms with Gasteiger partial charge in [0.1, 0.15) is 11.4 Å². The second kappa shape index (κ2) is 10.3. The maximum Gasteiger partial charge on any atom is 0.408 e. The van der Waals surface area contributed by atoms with E-state index in [4.69, 9.17) is 13.8 Å². The average molecular weight is 566 g/mol. The van der Waals surface area contributed by atoms with E-state index in [9.17, 15) is 9.59 Å². The zero-order chi connectivity index (χ0) is 32.3. The number of carbonyl (C=O) groups excluding carboxylic acids is 2. The first-order valence-electron chi connectivity index (χ1n) is 15.5. The van der Waals surface area contributed by atoms with Crippen LogP contribution in [-0.4, -0.2) is 49.0 Å². The van der Waals surface area contributed by atoms with Crippen LogP contribution >= 0.6 is 0 Å². The lowest BCUT2D eigenvalue weighted by Crippen LogP contribution is -2.35. The van der Waals surface area contributed by atoms with Crippen LogP contribution in [0.2, 0.25) is 0 Å². The van der Waals surface area contributed by atoms with E-state index in [0.717, 1.165) is 21.5 Å². The second-order valence-electron chi connectivity index (χ2n) is 11.6. The minimum atomic E-state index is -2.66. The average Bonchev–Trinajstić information content (AvgIpc) is 3.47. The van der Waals surface area contributed by atoms with Gasteiger partial charge in [0.25, 0.3) is 5.91 Å². The van der Waals surface area contributed by atoms with Crippen LogP contribution in [0.25, 0.3) is 22.2 Å². The highest BCUT2D eigenvalue weighted by Crippen LogP contribution is 2.48. The summed E-state index contributed by atoms with van der Waals surface area (Å²) in [6.07, 6.45) is 3.86. The van der Waals surface area contributed by atoms with Gasteiger partial charge < -0.3 is 19.5 Å². The predicted octanol–water partition coefficient (Wildman–Crippen LogP) is 5.96. The zero-order valence-corrected chi connectivity index (χ0v) is 24.2. The highest BCUT2D eigenvalue weighted by Gasteiger charge is 2.44. The standard InChI is InChI=1S/C33H34N6O3/c1-7-10-19-11-9-12-22-28(19)26-16-27(38(6)31(22)40)30-36-24-14-13-20(15-25(24)39(26)30)21-17-34-29(35-18-21)23(8-2)37-32(41)42-33(3,4)5/h9,11-15,17-18,23,26-27H,8,16H2,1-6H3,(H,37,41)/t23?,26-,27-/m1/s1/i6D3. The van der Waals surface area contributed by atoms with Gasteiger partial charge in [-0.15, -0.1) is 5.92 Å². The quantitative estimate of drug-likeness (QED) is 0.306. The van der Waals surface area contributed by atoms with Crippen LogP contribution in [-0.2, 0) is 4.74 Å². The number of rotatable bonds is 4. The molecule has 2 aliphatic rings. The summed E-state index contributed by atoms with van der Waals surface area (Å²) in [5.41, 5.74) is 4.24. The molecule has 42 heavy (non-hydrogen) atoms. The van der Waals surface area contributed by atoms with Crippen LogP contribution in [0.15, 0.2) is 48.8 Å². The summed E-state index contributed by atoms with van der Waals surface area (Å²) in [5.74, 6) is 6.53. The number of carbonyl (C=O) groups is 2. The number of imidazole rings is 1. The number of nitrogens with one attached hydrogen (secondary N) is 1. The van der Waals surface area contributed by atoms with Gasteiger partial charge in [-0.05, 0) is 63.9 Å². The summed E-state index contributed by atoms with van der Waals surface area (Å²) >= 11 is 0. The number of benzene rings is 2. The molecule has 2 bridgehead atoms. The molecule has 2 aliphatic heterocycles. The first kappa shape index (κ1) is 23.9. The van der Waals surface area contributed by atoms with E-state index in [0.29, 0.717) is 46.7 Å². The van der Waals surface area contributed by atoms with Crippen LogP contribution in [0.1, 0.15) is 103 Å². The molecule has 4 heterocycles. The van der Waals surface area contributed by atoms with Gasteiger partial charge in [-0.3, -0.25) is 4.79 Å². The Bertz CT molecular complexity index is 1880. The molecule has 0 spiro atoms. The van der Waals surface area contributed by atoms with Gasteiger partial charge in [-0.2, -0.15) is 0 Å². The molecule has 2 aromatic carbocycles. The molecule has 3 atom stereocenters. The fourth-order valence-electron chi connectivity index (χ4n) is 5.84. The number of hydrogen-bond acceptors (Lipinski definition) is 6. The Morgan fingerprint density at radius 1 is 1.19 bits per heavy atom. The minimum Gasteiger partial charge on any atom is -0.444 e. The molecule has 0 saturated carbocycles. The molecule has 2 amide bonds. The molecule has 0 radical (unpaired) electrons. The van der Waals surface area contributed by atoms with Crippen LogP contribution in [0.3, 0.4) is 0 Å². The first-order valence-corrected chi connectivity index (χ1v) is 14.0. The third-order valence-corrected chi connectivity index (χ3v) is 7.65. The molecule has 2 aromatic heterocycles. The number of amides is 2. The number of alkyl carbamates (subject to hydrolysis) is 1. The van der Waals surface area contributed by atoms with Gasteiger partial charge in [0.05, 0.1) is 29.2 Å². The van der Waals surface area contributed by atoms with Crippen LogP contribution < -0.4 is 5.32 Å². The molecule has 214 valence electrons. The Morgan fingerprint density at radius 2 is 1.98 bits per heavy atom. The number of fused-ring (bicyclic) bond motifs is 9. The fraction of sp³-hybridized carbons (Fsp3) is 0.364. The summed E-state index contributed by atoms with van der Waals surface area (Å²) in [5, 5.41) is 2.84. The van der Waals surface area contributed by atoms with Crippen molar-refractivity contribution in [3.63, 3.8) is 0 Å². The molecule has 0 aliphatic carbocycles. The van der Waals surface area contributed by atoms with Gasteiger partial charge in [-0.25, -0.2) is 19.7 Å². The SMILES string of the molecule is [2H]C([2H])([2H])N1C(=O)c2cccc(C#CC)c2[C@H]2C[C@@H]1c1nc3ccc(-c4cnc(C(CC)NC(=O)OC(C)(C)C)nc4)cc3n12. The number of ether oxygens (including phenoxy) is 1. The maximum absolute atomic E-state index is 13.7. The van der Waals surface area contributed by atoms with Crippen LogP contribution in [0, 0.1) is 11.8 Å². The lowest BCUT2D eigenvalue weighted by molar-refractivity contribution is 0.0499. The largest absolute Gasteiger partial charge is 0.444 e. The second-order valence-corrected chi connectivity index (χ2v) is 11.6. The Hall–Kier alpha value is -4.71. The van der Waals surface area contributed by atoms with Gasteiger partial charge >= 0.3 is 6.09 Å². The predicted molar refractivity (Wildman–Crippen MR) is 160 cm³/mol. The summed E-state index contributed by atoms with van der Waals surface area (Å²) in [4.78, 5) is 41.1. The van der Waals surface area contributed by atoms with Gasteiger partial charge in [0.15, 0.2) is 5.82 Å². The topological polar surface area (TPSA) is 102 Å². The molecular weight excluding hydrogens is 528 g/mol. The zero-order valence-electron chi connectivity index (χ0n) is 27.2. The van der Waals surface area contributed by atoms with Crippen LogP contribution in [0.5, 0.6) is 0 Å². The molecule has 6 rings (SSSR count). The van der Waals surface area contributed by atoms with E-state index in [1.807, 2.05) is 31.2 Å². The third kappa shape index (κ3) is 4.67. The Labute approximate surface area is 249 Å². The van der Waals surface area contributed by atoms with Gasteiger partial charge in [-0.1, -0.05) is 25.0 Å². The van der Waals surface area contributed by atoms with E-state index in [-0.39, 0.29) is 6.04 Å². The minimum absolute atomic E-state index is 0.337. The van der Waals surface area contributed by atoms with Crippen molar-refractivity contribution >= 4 is 23.0 Å². The van der Waals surface area contributed by atoms with E-state index in [1.54, 1.807) is 52.2 Å². The smallest absolute Gasteiger partial charge is 0.408 e. The van der Waals surface area contributed by atoms with Gasteiger partial charge in [0.2, 0.25) is 0 Å². The summed E-state index contributed by atoms with van der Waals surface area (Å²) in [6, 6.07) is 9.60. The van der Waals surface area contributed by atoms with E-state index < -0.39 is 36.7 Å². The maximum atomic E-state index is 13.7. The van der Waals surface area contributed by atoms with E-state index in [2.05, 4.69) is 31.7 Å². The highest BCUT2D eigenvalue weighted by molar-refractivity contribution is 5.98.